The summed E-state index contributed by atoms with van der Waals surface area (Å²) in [5.41, 5.74) is -0.213. The molecule has 4 aromatic rings. The molecule has 0 atom stereocenters. The zero-order valence-electron chi connectivity index (χ0n) is 12.0. The van der Waals surface area contributed by atoms with Crippen LogP contribution in [0.1, 0.15) is 0 Å². The summed E-state index contributed by atoms with van der Waals surface area (Å²) in [5, 5.41) is 18.1. The van der Waals surface area contributed by atoms with Crippen LogP contribution in [0.4, 0.5) is 0 Å². The fourth-order valence-corrected chi connectivity index (χ4v) is 2.63. The third-order valence-electron chi connectivity index (χ3n) is 3.21. The van der Waals surface area contributed by atoms with Gasteiger partial charge in [-0.25, -0.2) is 5.10 Å². The molecule has 0 spiro atoms. The van der Waals surface area contributed by atoms with E-state index < -0.39 is 0 Å². The molecule has 0 amide bonds. The summed E-state index contributed by atoms with van der Waals surface area (Å²) in [6, 6.07) is 10.5. The van der Waals surface area contributed by atoms with E-state index in [0.717, 1.165) is 16.2 Å². The van der Waals surface area contributed by atoms with E-state index in [9.17, 15) is 4.79 Å². The molecule has 24 heavy (non-hydrogen) atoms. The Hall–Kier alpha value is -2.21. The van der Waals surface area contributed by atoms with E-state index >= 15 is 0 Å². The van der Waals surface area contributed by atoms with Crippen LogP contribution in [-0.4, -0.2) is 20.4 Å². The van der Waals surface area contributed by atoms with Gasteiger partial charge in [-0.1, -0.05) is 46.9 Å². The number of aromatic nitrogens is 4. The first-order valence-electron chi connectivity index (χ1n) is 6.74. The number of halogens is 3. The van der Waals surface area contributed by atoms with Crippen LogP contribution in [0.25, 0.3) is 21.5 Å². The number of rotatable bonds is 0. The Morgan fingerprint density at radius 2 is 1.46 bits per heavy atom. The van der Waals surface area contributed by atoms with Crippen molar-refractivity contribution in [2.24, 2.45) is 0 Å². The second-order valence-electron chi connectivity index (χ2n) is 4.80. The summed E-state index contributed by atoms with van der Waals surface area (Å²) in [6.07, 6.45) is 3.24. The monoisotopic (exact) mass is 378 g/mol. The third-order valence-corrected chi connectivity index (χ3v) is 3.96. The predicted octanol–water partition coefficient (Wildman–Crippen LogP) is 4.51. The van der Waals surface area contributed by atoms with Crippen molar-refractivity contribution in [2.45, 2.75) is 0 Å². The second-order valence-corrected chi connectivity index (χ2v) is 6.03. The van der Waals surface area contributed by atoms with Gasteiger partial charge < -0.3 is 0 Å². The Labute approximate surface area is 151 Å². The summed E-state index contributed by atoms with van der Waals surface area (Å²) < 4.78 is 0. The lowest BCUT2D eigenvalue weighted by Crippen LogP contribution is -2.06. The van der Waals surface area contributed by atoms with Gasteiger partial charge in [-0.15, -0.1) is 5.10 Å². The molecule has 0 saturated carbocycles. The Morgan fingerprint density at radius 3 is 2.17 bits per heavy atom. The van der Waals surface area contributed by atoms with Crippen molar-refractivity contribution in [2.75, 3.05) is 0 Å². The molecule has 0 saturated heterocycles. The van der Waals surface area contributed by atoms with E-state index in [2.05, 4.69) is 20.4 Å². The summed E-state index contributed by atoms with van der Waals surface area (Å²) in [4.78, 5) is 11.2. The van der Waals surface area contributed by atoms with Crippen molar-refractivity contribution in [3.8, 4) is 0 Å². The largest absolute Gasteiger partial charge is 0.272 e. The molecule has 0 radical (unpaired) electrons. The highest BCUT2D eigenvalue weighted by molar-refractivity contribution is 6.35. The van der Waals surface area contributed by atoms with E-state index in [1.807, 2.05) is 6.07 Å². The summed E-state index contributed by atoms with van der Waals surface area (Å²) in [7, 11) is 0. The summed E-state index contributed by atoms with van der Waals surface area (Å²) in [6.45, 7) is 0. The highest BCUT2D eigenvalue weighted by atomic mass is 35.5. The molecule has 0 unspecified atom stereocenters. The van der Waals surface area contributed by atoms with Crippen LogP contribution in [0.15, 0.2) is 53.6 Å². The van der Waals surface area contributed by atoms with E-state index in [4.69, 9.17) is 34.8 Å². The van der Waals surface area contributed by atoms with Gasteiger partial charge >= 0.3 is 0 Å². The Balaban J connectivity index is 0.000000141. The minimum Gasteiger partial charge on any atom is -0.267 e. The first-order chi connectivity index (χ1) is 11.5. The van der Waals surface area contributed by atoms with Gasteiger partial charge in [-0.05, 0) is 24.3 Å². The molecule has 0 fully saturated rings. The van der Waals surface area contributed by atoms with Gasteiger partial charge in [0.2, 0.25) is 0 Å². The first-order valence-corrected chi connectivity index (χ1v) is 7.87. The van der Waals surface area contributed by atoms with Crippen LogP contribution in [-0.2, 0) is 0 Å². The molecule has 120 valence electrons. The zero-order valence-corrected chi connectivity index (χ0v) is 14.3. The number of fused-ring (bicyclic) bond motifs is 2. The smallest absolute Gasteiger partial charge is 0.267 e. The lowest BCUT2D eigenvalue weighted by Gasteiger charge is -1.97. The van der Waals surface area contributed by atoms with E-state index in [0.29, 0.717) is 20.6 Å². The number of hydrogen-bond donors (Lipinski definition) is 1. The predicted molar refractivity (Wildman–Crippen MR) is 96.9 cm³/mol. The van der Waals surface area contributed by atoms with Gasteiger partial charge in [0.1, 0.15) is 0 Å². The molecule has 2 aromatic carbocycles. The molecule has 1 N–H and O–H groups in total. The first kappa shape index (κ1) is 16.6. The molecule has 0 bridgehead atoms. The zero-order chi connectivity index (χ0) is 17.1. The van der Waals surface area contributed by atoms with E-state index in [1.54, 1.807) is 42.7 Å². The minimum atomic E-state index is -0.213. The second kappa shape index (κ2) is 7.13. The molecule has 0 aliphatic heterocycles. The molecule has 2 aromatic heterocycles. The Kier molecular flexibility index (Phi) is 4.94. The maximum absolute atomic E-state index is 11.2. The van der Waals surface area contributed by atoms with Crippen molar-refractivity contribution >= 4 is 56.3 Å². The fraction of sp³-hybridized carbons (Fsp3) is 0. The average molecular weight is 380 g/mol. The average Bonchev–Trinajstić information content (AvgIpc) is 2.57. The number of nitrogens with one attached hydrogen (secondary N) is 1. The van der Waals surface area contributed by atoms with Crippen LogP contribution in [0, 0.1) is 0 Å². The minimum absolute atomic E-state index is 0.213. The van der Waals surface area contributed by atoms with Crippen molar-refractivity contribution in [3.05, 3.63) is 74.3 Å². The SMILES string of the molecule is Clc1ccc2cnnc(Cl)c2c1.O=c1[nH]ncc2ccc(Cl)cc12. The van der Waals surface area contributed by atoms with Gasteiger partial charge in [0.25, 0.3) is 5.56 Å². The van der Waals surface area contributed by atoms with Gasteiger partial charge in [0.05, 0.1) is 17.8 Å². The van der Waals surface area contributed by atoms with Gasteiger partial charge in [0.15, 0.2) is 5.15 Å². The number of aromatic amines is 1. The summed E-state index contributed by atoms with van der Waals surface area (Å²) in [5.74, 6) is 0. The molecular weight excluding hydrogens is 371 g/mol. The molecule has 0 aliphatic rings. The fourth-order valence-electron chi connectivity index (χ4n) is 2.07. The third kappa shape index (κ3) is 3.64. The molecular formula is C16H9Cl3N4O. The summed E-state index contributed by atoms with van der Waals surface area (Å²) >= 11 is 17.3. The maximum atomic E-state index is 11.2. The maximum Gasteiger partial charge on any atom is 0.272 e. The van der Waals surface area contributed by atoms with Crippen molar-refractivity contribution in [1.82, 2.24) is 20.4 Å². The highest BCUT2D eigenvalue weighted by Crippen LogP contribution is 2.23. The standard InChI is InChI=1S/C8H4Cl2N2.C8H5ClN2O/c9-6-2-1-5-4-11-12-8(10)7(5)3-6;9-6-2-1-5-4-10-11-8(12)7(5)3-6/h1-4H;1-4H,(H,11,12). The lowest BCUT2D eigenvalue weighted by molar-refractivity contribution is 1.01. The van der Waals surface area contributed by atoms with Crippen LogP contribution in [0.2, 0.25) is 15.2 Å². The van der Waals surface area contributed by atoms with Crippen LogP contribution < -0.4 is 5.56 Å². The van der Waals surface area contributed by atoms with Crippen LogP contribution in [0.5, 0.6) is 0 Å². The molecule has 5 nitrogen and oxygen atoms in total. The van der Waals surface area contributed by atoms with Crippen LogP contribution >= 0.6 is 34.8 Å². The quantitative estimate of drug-likeness (QED) is 0.488. The van der Waals surface area contributed by atoms with E-state index in [-0.39, 0.29) is 5.56 Å². The Morgan fingerprint density at radius 1 is 0.833 bits per heavy atom. The van der Waals surface area contributed by atoms with E-state index in [1.165, 1.54) is 0 Å². The Bertz CT molecular complexity index is 1080. The molecule has 4 rings (SSSR count). The lowest BCUT2D eigenvalue weighted by atomic mass is 10.2. The van der Waals surface area contributed by atoms with Crippen molar-refractivity contribution in [3.63, 3.8) is 0 Å². The normalized spacial score (nSPS) is 10.5. The van der Waals surface area contributed by atoms with Gasteiger partial charge in [-0.3, -0.25) is 4.79 Å². The topological polar surface area (TPSA) is 71.5 Å². The van der Waals surface area contributed by atoms with Gasteiger partial charge in [0, 0.05) is 26.2 Å². The van der Waals surface area contributed by atoms with Crippen LogP contribution in [0.3, 0.4) is 0 Å². The highest BCUT2D eigenvalue weighted by Gasteiger charge is 2.00. The van der Waals surface area contributed by atoms with Crippen molar-refractivity contribution in [1.29, 1.82) is 0 Å². The molecule has 8 heteroatoms. The molecule has 2 heterocycles. The number of hydrogen-bond acceptors (Lipinski definition) is 4. The van der Waals surface area contributed by atoms with Gasteiger partial charge in [-0.2, -0.15) is 10.2 Å². The number of nitrogens with zero attached hydrogens (tertiary/aromatic N) is 3. The van der Waals surface area contributed by atoms with Crippen molar-refractivity contribution < 1.29 is 0 Å². The molecule has 0 aliphatic carbocycles. The number of H-pyrrole nitrogens is 1. The number of benzene rings is 2.